The number of unbranched alkanes of at least 4 members (excludes halogenated alkanes) is 20. The summed E-state index contributed by atoms with van der Waals surface area (Å²) in [6.07, 6.45) is 34.3. The molecule has 0 rings (SSSR count). The van der Waals surface area contributed by atoms with E-state index in [0.29, 0.717) is 6.42 Å². The van der Waals surface area contributed by atoms with E-state index in [2.05, 4.69) is 25.7 Å². The fourth-order valence-corrected chi connectivity index (χ4v) is 4.77. The molecule has 0 aromatic heterocycles. The minimum atomic E-state index is -0.942. The number of hydrogen-bond donors (Lipinski definition) is 1. The summed E-state index contributed by atoms with van der Waals surface area (Å²) in [4.78, 5) is 22.9. The molecular formula is C32H58O4. The molecule has 0 aliphatic rings. The van der Waals surface area contributed by atoms with E-state index in [1.807, 2.05) is 0 Å². The standard InChI is InChI=1S/C32H58O4/c1-3-5-6-7-8-9-10-11-12-13-14-15-16-17-18-19-20-21-22-23-24-25-26-27-30(29-31(33)34)32(35)36-28-4-2/h3-5,30H,2,6-29H2,1H3,(H,33,34)/b5-3+. The highest BCUT2D eigenvalue weighted by Crippen LogP contribution is 2.18. The van der Waals surface area contributed by atoms with Crippen molar-refractivity contribution in [3.63, 3.8) is 0 Å². The van der Waals surface area contributed by atoms with Gasteiger partial charge in [0.15, 0.2) is 0 Å². The van der Waals surface area contributed by atoms with Gasteiger partial charge in [-0.3, -0.25) is 9.59 Å². The molecule has 0 saturated heterocycles. The Hall–Kier alpha value is -1.58. The SMILES string of the molecule is C=CCOC(=O)C(CCCCCCCCCCCCCCCCCCCCCC/C=C/C)CC(=O)O. The van der Waals surface area contributed by atoms with E-state index in [1.165, 1.54) is 122 Å². The van der Waals surface area contributed by atoms with Crippen LogP contribution in [0.4, 0.5) is 0 Å². The van der Waals surface area contributed by atoms with Crippen molar-refractivity contribution in [3.05, 3.63) is 24.8 Å². The topological polar surface area (TPSA) is 63.6 Å². The van der Waals surface area contributed by atoms with Crippen molar-refractivity contribution in [2.45, 2.75) is 155 Å². The first-order valence-corrected chi connectivity index (χ1v) is 15.2. The molecule has 210 valence electrons. The van der Waals surface area contributed by atoms with Gasteiger partial charge in [-0.05, 0) is 26.2 Å². The summed E-state index contributed by atoms with van der Waals surface area (Å²) in [6, 6.07) is 0. The summed E-state index contributed by atoms with van der Waals surface area (Å²) in [5, 5.41) is 9.01. The molecule has 1 N–H and O–H groups in total. The molecule has 0 fully saturated rings. The number of carboxylic acids is 1. The second-order valence-electron chi connectivity index (χ2n) is 10.4. The Labute approximate surface area is 223 Å². The van der Waals surface area contributed by atoms with Crippen LogP contribution in [0.1, 0.15) is 155 Å². The van der Waals surface area contributed by atoms with Gasteiger partial charge in [-0.15, -0.1) is 0 Å². The van der Waals surface area contributed by atoms with Gasteiger partial charge >= 0.3 is 11.9 Å². The third kappa shape index (κ3) is 25.5. The number of hydrogen-bond acceptors (Lipinski definition) is 3. The quantitative estimate of drug-likeness (QED) is 0.0651. The summed E-state index contributed by atoms with van der Waals surface area (Å²) in [5.74, 6) is -1.88. The smallest absolute Gasteiger partial charge is 0.309 e. The van der Waals surface area contributed by atoms with E-state index in [9.17, 15) is 9.59 Å². The highest BCUT2D eigenvalue weighted by molar-refractivity contribution is 5.79. The van der Waals surface area contributed by atoms with Crippen LogP contribution in [0.25, 0.3) is 0 Å². The summed E-state index contributed by atoms with van der Waals surface area (Å²) in [5.41, 5.74) is 0. The third-order valence-electron chi connectivity index (χ3n) is 7.01. The third-order valence-corrected chi connectivity index (χ3v) is 7.01. The predicted octanol–water partition coefficient (Wildman–Crippen LogP) is 9.96. The van der Waals surface area contributed by atoms with Crippen molar-refractivity contribution in [2.24, 2.45) is 5.92 Å². The second kappa shape index (κ2) is 28.0. The molecule has 0 bridgehead atoms. The van der Waals surface area contributed by atoms with Gasteiger partial charge in [-0.2, -0.15) is 0 Å². The van der Waals surface area contributed by atoms with Crippen LogP contribution in [0.2, 0.25) is 0 Å². The van der Waals surface area contributed by atoms with Gasteiger partial charge in [0.1, 0.15) is 6.61 Å². The molecule has 0 heterocycles. The summed E-state index contributed by atoms with van der Waals surface area (Å²) in [7, 11) is 0. The molecule has 0 spiro atoms. The molecule has 0 aliphatic heterocycles. The van der Waals surface area contributed by atoms with Crippen molar-refractivity contribution in [3.8, 4) is 0 Å². The zero-order chi connectivity index (χ0) is 26.5. The minimum absolute atomic E-state index is 0.145. The molecule has 1 atom stereocenters. The maximum absolute atomic E-state index is 12.0. The van der Waals surface area contributed by atoms with Crippen LogP contribution in [0, 0.1) is 5.92 Å². The Morgan fingerprint density at radius 3 is 1.44 bits per heavy atom. The maximum Gasteiger partial charge on any atom is 0.309 e. The first-order chi connectivity index (χ1) is 17.6. The van der Waals surface area contributed by atoms with Crippen molar-refractivity contribution in [1.82, 2.24) is 0 Å². The number of esters is 1. The van der Waals surface area contributed by atoms with Crippen LogP contribution < -0.4 is 0 Å². The van der Waals surface area contributed by atoms with Gasteiger partial charge in [-0.1, -0.05) is 147 Å². The lowest BCUT2D eigenvalue weighted by atomic mass is 9.97. The number of allylic oxidation sites excluding steroid dienone is 2. The average molecular weight is 507 g/mol. The van der Waals surface area contributed by atoms with Crippen molar-refractivity contribution < 1.29 is 19.4 Å². The van der Waals surface area contributed by atoms with E-state index in [4.69, 9.17) is 9.84 Å². The lowest BCUT2D eigenvalue weighted by Crippen LogP contribution is -2.21. The molecule has 0 amide bonds. The molecule has 4 heteroatoms. The van der Waals surface area contributed by atoms with Crippen LogP contribution >= 0.6 is 0 Å². The summed E-state index contributed by atoms with van der Waals surface area (Å²) < 4.78 is 5.04. The van der Waals surface area contributed by atoms with E-state index in [1.54, 1.807) is 0 Å². The number of carbonyl (C=O) groups excluding carboxylic acids is 1. The maximum atomic E-state index is 12.0. The van der Waals surface area contributed by atoms with Gasteiger partial charge in [0, 0.05) is 0 Å². The van der Waals surface area contributed by atoms with Crippen molar-refractivity contribution in [2.75, 3.05) is 6.61 Å². The van der Waals surface area contributed by atoms with Crippen molar-refractivity contribution in [1.29, 1.82) is 0 Å². The molecule has 4 nitrogen and oxygen atoms in total. The molecule has 36 heavy (non-hydrogen) atoms. The zero-order valence-corrected chi connectivity index (χ0v) is 23.7. The van der Waals surface area contributed by atoms with Crippen LogP contribution in [-0.4, -0.2) is 23.7 Å². The fraction of sp³-hybridized carbons (Fsp3) is 0.812. The van der Waals surface area contributed by atoms with Gasteiger partial charge in [-0.25, -0.2) is 0 Å². The second-order valence-corrected chi connectivity index (χ2v) is 10.4. The Kier molecular flexibility index (Phi) is 26.8. The van der Waals surface area contributed by atoms with Gasteiger partial charge in [0.05, 0.1) is 12.3 Å². The number of aliphatic carboxylic acids is 1. The lowest BCUT2D eigenvalue weighted by Gasteiger charge is -2.13. The monoisotopic (exact) mass is 506 g/mol. The first kappa shape index (κ1) is 34.4. The minimum Gasteiger partial charge on any atom is -0.481 e. The van der Waals surface area contributed by atoms with E-state index >= 15 is 0 Å². The number of carboxylic acid groups (broad SMARTS) is 1. The molecule has 0 aromatic rings. The largest absolute Gasteiger partial charge is 0.481 e. The molecule has 0 aromatic carbocycles. The molecular weight excluding hydrogens is 448 g/mol. The fourth-order valence-electron chi connectivity index (χ4n) is 4.77. The predicted molar refractivity (Wildman–Crippen MR) is 153 cm³/mol. The Morgan fingerprint density at radius 2 is 1.08 bits per heavy atom. The van der Waals surface area contributed by atoms with E-state index in [-0.39, 0.29) is 13.0 Å². The lowest BCUT2D eigenvalue weighted by molar-refractivity contribution is -0.152. The first-order valence-electron chi connectivity index (χ1n) is 15.2. The Bertz CT molecular complexity index is 540. The Morgan fingerprint density at radius 1 is 0.694 bits per heavy atom. The normalized spacial score (nSPS) is 12.1. The number of ether oxygens (including phenoxy) is 1. The molecule has 0 saturated carbocycles. The van der Waals surface area contributed by atoms with Crippen LogP contribution in [0.15, 0.2) is 24.8 Å². The van der Waals surface area contributed by atoms with Crippen LogP contribution in [0.3, 0.4) is 0 Å². The van der Waals surface area contributed by atoms with Gasteiger partial charge in [0.2, 0.25) is 0 Å². The number of rotatable bonds is 28. The molecule has 0 aliphatic carbocycles. The highest BCUT2D eigenvalue weighted by Gasteiger charge is 2.22. The van der Waals surface area contributed by atoms with Crippen molar-refractivity contribution >= 4 is 11.9 Å². The average Bonchev–Trinajstić information content (AvgIpc) is 2.86. The molecule has 0 radical (unpaired) electrons. The zero-order valence-electron chi connectivity index (χ0n) is 23.7. The molecule has 1 unspecified atom stereocenters. The van der Waals surface area contributed by atoms with E-state index < -0.39 is 17.9 Å². The van der Waals surface area contributed by atoms with Crippen LogP contribution in [-0.2, 0) is 14.3 Å². The van der Waals surface area contributed by atoms with E-state index in [0.717, 1.165) is 19.3 Å². The van der Waals surface area contributed by atoms with Gasteiger partial charge < -0.3 is 9.84 Å². The summed E-state index contributed by atoms with van der Waals surface area (Å²) in [6.45, 7) is 5.77. The summed E-state index contributed by atoms with van der Waals surface area (Å²) >= 11 is 0. The Balaban J connectivity index is 3.35. The van der Waals surface area contributed by atoms with Gasteiger partial charge in [0.25, 0.3) is 0 Å². The highest BCUT2D eigenvalue weighted by atomic mass is 16.5. The van der Waals surface area contributed by atoms with Crippen LogP contribution in [0.5, 0.6) is 0 Å². The number of carbonyl (C=O) groups is 2.